The third-order valence-electron chi connectivity index (χ3n) is 2.74. The van der Waals surface area contributed by atoms with E-state index in [1.165, 1.54) is 0 Å². The van der Waals surface area contributed by atoms with Gasteiger partial charge < -0.3 is 16.2 Å². The number of carbonyl (C=O) groups is 1. The highest BCUT2D eigenvalue weighted by Gasteiger charge is 2.14. The highest BCUT2D eigenvalue weighted by Crippen LogP contribution is 2.25. The lowest BCUT2D eigenvalue weighted by molar-refractivity contribution is -0.117. The second-order valence-corrected chi connectivity index (χ2v) is 4.34. The maximum atomic E-state index is 11.8. The number of aromatic hydroxyl groups is 1. The van der Waals surface area contributed by atoms with Crippen molar-refractivity contribution in [3.8, 4) is 5.75 Å². The minimum Gasteiger partial charge on any atom is -0.508 e. The van der Waals surface area contributed by atoms with E-state index in [0.29, 0.717) is 12.1 Å². The molecule has 4 nitrogen and oxygen atoms in total. The van der Waals surface area contributed by atoms with Gasteiger partial charge in [-0.25, -0.2) is 0 Å². The minimum absolute atomic E-state index is 0.181. The lowest BCUT2D eigenvalue weighted by atomic mass is 10.1. The number of carbonyl (C=O) groups excluding carboxylic acids is 1. The molecule has 1 aromatic rings. The van der Waals surface area contributed by atoms with Crippen molar-refractivity contribution in [2.45, 2.75) is 39.7 Å². The summed E-state index contributed by atoms with van der Waals surface area (Å²) in [5.41, 5.74) is 7.99. The largest absolute Gasteiger partial charge is 0.508 e. The second-order valence-electron chi connectivity index (χ2n) is 4.34. The first kappa shape index (κ1) is 13.5. The Morgan fingerprint density at radius 1 is 1.41 bits per heavy atom. The monoisotopic (exact) mass is 236 g/mol. The molecule has 94 valence electrons. The number of anilines is 1. The van der Waals surface area contributed by atoms with E-state index in [0.717, 1.165) is 17.5 Å². The van der Waals surface area contributed by atoms with Crippen molar-refractivity contribution in [2.24, 2.45) is 5.73 Å². The molecule has 0 saturated heterocycles. The number of hydrogen-bond acceptors (Lipinski definition) is 3. The van der Waals surface area contributed by atoms with Gasteiger partial charge in [-0.05, 0) is 43.5 Å². The fourth-order valence-electron chi connectivity index (χ4n) is 1.60. The van der Waals surface area contributed by atoms with E-state index in [1.807, 2.05) is 13.8 Å². The Balaban J connectivity index is 2.81. The molecule has 0 aliphatic heterocycles. The molecule has 0 bridgehead atoms. The summed E-state index contributed by atoms with van der Waals surface area (Å²) in [7, 11) is 0. The van der Waals surface area contributed by atoms with Gasteiger partial charge in [0, 0.05) is 5.69 Å². The van der Waals surface area contributed by atoms with Crippen LogP contribution in [0.2, 0.25) is 0 Å². The maximum absolute atomic E-state index is 11.8. The van der Waals surface area contributed by atoms with Crippen LogP contribution < -0.4 is 11.1 Å². The van der Waals surface area contributed by atoms with Crippen LogP contribution in [0.25, 0.3) is 0 Å². The molecule has 1 unspecified atom stereocenters. The van der Waals surface area contributed by atoms with Crippen LogP contribution in [0, 0.1) is 13.8 Å². The molecule has 1 atom stereocenters. The first-order chi connectivity index (χ1) is 7.95. The van der Waals surface area contributed by atoms with E-state index in [9.17, 15) is 9.90 Å². The number of phenols is 1. The lowest BCUT2D eigenvalue weighted by Crippen LogP contribution is -2.35. The number of benzene rings is 1. The number of amides is 1. The first-order valence-electron chi connectivity index (χ1n) is 5.82. The van der Waals surface area contributed by atoms with Crippen LogP contribution in [0.5, 0.6) is 5.75 Å². The summed E-state index contributed by atoms with van der Waals surface area (Å²) >= 11 is 0. The molecule has 0 fully saturated rings. The molecule has 1 rings (SSSR count). The molecule has 0 aliphatic rings. The van der Waals surface area contributed by atoms with Crippen molar-refractivity contribution in [2.75, 3.05) is 5.32 Å². The summed E-state index contributed by atoms with van der Waals surface area (Å²) in [5.74, 6) is 0.0541. The van der Waals surface area contributed by atoms with Crippen molar-refractivity contribution in [1.29, 1.82) is 0 Å². The Hall–Kier alpha value is -1.55. The van der Waals surface area contributed by atoms with E-state index in [2.05, 4.69) is 5.32 Å². The van der Waals surface area contributed by atoms with Gasteiger partial charge in [0.15, 0.2) is 0 Å². The van der Waals surface area contributed by atoms with Crippen LogP contribution in [0.4, 0.5) is 5.69 Å². The first-order valence-corrected chi connectivity index (χ1v) is 5.82. The standard InChI is InChI=1S/C13H20N2O2/c1-4-5-10(14)13(17)15-11-6-9(3)12(16)7-8(11)2/h6-7,10,16H,4-5,14H2,1-3H3,(H,15,17). The third-order valence-corrected chi connectivity index (χ3v) is 2.74. The predicted octanol–water partition coefficient (Wildman–Crippen LogP) is 2.07. The van der Waals surface area contributed by atoms with Gasteiger partial charge in [0.05, 0.1) is 6.04 Å². The normalized spacial score (nSPS) is 12.2. The smallest absolute Gasteiger partial charge is 0.241 e. The SMILES string of the molecule is CCCC(N)C(=O)Nc1cc(C)c(O)cc1C. The molecule has 1 aromatic carbocycles. The highest BCUT2D eigenvalue weighted by molar-refractivity contribution is 5.95. The number of nitrogens with one attached hydrogen (secondary N) is 1. The molecule has 0 spiro atoms. The zero-order valence-electron chi connectivity index (χ0n) is 10.6. The quantitative estimate of drug-likeness (QED) is 0.700. The Morgan fingerprint density at radius 2 is 2.06 bits per heavy atom. The molecule has 1 amide bonds. The second kappa shape index (κ2) is 5.68. The van der Waals surface area contributed by atoms with Gasteiger partial charge in [-0.1, -0.05) is 13.3 Å². The predicted molar refractivity (Wildman–Crippen MR) is 69.1 cm³/mol. The molecular formula is C13H20N2O2. The lowest BCUT2D eigenvalue weighted by Gasteiger charge is -2.14. The number of hydrogen-bond donors (Lipinski definition) is 3. The fourth-order valence-corrected chi connectivity index (χ4v) is 1.60. The van der Waals surface area contributed by atoms with Crippen LogP contribution in [0.1, 0.15) is 30.9 Å². The van der Waals surface area contributed by atoms with Crippen molar-refractivity contribution in [1.82, 2.24) is 0 Å². The molecule has 0 radical (unpaired) electrons. The molecular weight excluding hydrogens is 216 g/mol. The van der Waals surface area contributed by atoms with Gasteiger partial charge in [-0.3, -0.25) is 4.79 Å². The van der Waals surface area contributed by atoms with Crippen molar-refractivity contribution < 1.29 is 9.90 Å². The summed E-state index contributed by atoms with van der Waals surface area (Å²) in [6.07, 6.45) is 1.55. The number of rotatable bonds is 4. The Kier molecular flexibility index (Phi) is 4.52. The van der Waals surface area contributed by atoms with E-state index in [4.69, 9.17) is 5.73 Å². The Bertz CT molecular complexity index is 416. The van der Waals surface area contributed by atoms with E-state index in [-0.39, 0.29) is 11.7 Å². The number of aryl methyl sites for hydroxylation is 2. The molecule has 17 heavy (non-hydrogen) atoms. The van der Waals surface area contributed by atoms with E-state index >= 15 is 0 Å². The average molecular weight is 236 g/mol. The van der Waals surface area contributed by atoms with Crippen molar-refractivity contribution >= 4 is 11.6 Å². The van der Waals surface area contributed by atoms with Gasteiger partial charge in [-0.15, -0.1) is 0 Å². The Labute approximate surface area is 102 Å². The van der Waals surface area contributed by atoms with Crippen molar-refractivity contribution in [3.63, 3.8) is 0 Å². The number of phenolic OH excluding ortho intramolecular Hbond substituents is 1. The van der Waals surface area contributed by atoms with Gasteiger partial charge in [-0.2, -0.15) is 0 Å². The summed E-state index contributed by atoms with van der Waals surface area (Å²) in [6.45, 7) is 5.61. The summed E-state index contributed by atoms with van der Waals surface area (Å²) in [6, 6.07) is 2.91. The zero-order chi connectivity index (χ0) is 13.0. The molecule has 4 N–H and O–H groups in total. The van der Waals surface area contributed by atoms with Crippen LogP contribution >= 0.6 is 0 Å². The van der Waals surface area contributed by atoms with Crippen LogP contribution in [-0.2, 0) is 4.79 Å². The van der Waals surface area contributed by atoms with Crippen LogP contribution in [0.15, 0.2) is 12.1 Å². The Morgan fingerprint density at radius 3 is 2.65 bits per heavy atom. The van der Waals surface area contributed by atoms with Gasteiger partial charge in [0.1, 0.15) is 5.75 Å². The molecule has 0 aromatic heterocycles. The topological polar surface area (TPSA) is 75.4 Å². The third kappa shape index (κ3) is 3.46. The summed E-state index contributed by atoms with van der Waals surface area (Å²) in [4.78, 5) is 11.8. The molecule has 4 heteroatoms. The van der Waals surface area contributed by atoms with E-state index < -0.39 is 6.04 Å². The van der Waals surface area contributed by atoms with Gasteiger partial charge in [0.2, 0.25) is 5.91 Å². The summed E-state index contributed by atoms with van der Waals surface area (Å²) < 4.78 is 0. The van der Waals surface area contributed by atoms with Crippen LogP contribution in [-0.4, -0.2) is 17.1 Å². The minimum atomic E-state index is -0.478. The fraction of sp³-hybridized carbons (Fsp3) is 0.462. The molecule has 0 aliphatic carbocycles. The molecule has 0 heterocycles. The van der Waals surface area contributed by atoms with Gasteiger partial charge >= 0.3 is 0 Å². The number of nitrogens with two attached hydrogens (primary N) is 1. The maximum Gasteiger partial charge on any atom is 0.241 e. The van der Waals surface area contributed by atoms with E-state index in [1.54, 1.807) is 19.1 Å². The summed E-state index contributed by atoms with van der Waals surface area (Å²) in [5, 5.41) is 12.3. The zero-order valence-corrected chi connectivity index (χ0v) is 10.6. The van der Waals surface area contributed by atoms with Gasteiger partial charge in [0.25, 0.3) is 0 Å². The van der Waals surface area contributed by atoms with Crippen LogP contribution in [0.3, 0.4) is 0 Å². The highest BCUT2D eigenvalue weighted by atomic mass is 16.3. The van der Waals surface area contributed by atoms with Crippen molar-refractivity contribution in [3.05, 3.63) is 23.3 Å². The molecule has 0 saturated carbocycles. The average Bonchev–Trinajstić information content (AvgIpc) is 2.26.